The summed E-state index contributed by atoms with van der Waals surface area (Å²) in [5.41, 5.74) is 4.73. The van der Waals surface area contributed by atoms with Gasteiger partial charge in [0.2, 0.25) is 5.91 Å². The first-order chi connectivity index (χ1) is 10.6. The van der Waals surface area contributed by atoms with Crippen molar-refractivity contribution in [2.75, 3.05) is 6.54 Å². The lowest BCUT2D eigenvalue weighted by atomic mass is 10.1. The fourth-order valence-electron chi connectivity index (χ4n) is 3.43. The fraction of sp³-hybridized carbons (Fsp3) is 0.529. The number of thiophene rings is 1. The van der Waals surface area contributed by atoms with Crippen LogP contribution in [-0.2, 0) is 18.3 Å². The Kier molecular flexibility index (Phi) is 4.34. The standard InChI is InChI=1S/C17H23N3OS/c1-12-15(13(2)19(3)18-12)6-7-17(21)20-9-4-5-16(20)14-8-10-22-11-14/h8,10-11,16H,4-7,9H2,1-3H3/t16-/m1/s1. The number of likely N-dealkylation sites (tertiary alicyclic amines) is 1. The molecule has 2 aromatic rings. The number of carbonyl (C=O) groups is 1. The second-order valence-electron chi connectivity index (χ2n) is 6.07. The van der Waals surface area contributed by atoms with E-state index in [4.69, 9.17) is 0 Å². The van der Waals surface area contributed by atoms with Gasteiger partial charge in [0.15, 0.2) is 0 Å². The van der Waals surface area contributed by atoms with Crippen molar-refractivity contribution >= 4 is 17.2 Å². The summed E-state index contributed by atoms with van der Waals surface area (Å²) in [4.78, 5) is 14.7. The average molecular weight is 317 g/mol. The quantitative estimate of drug-likeness (QED) is 0.867. The third-order valence-corrected chi connectivity index (χ3v) is 5.45. The molecule has 1 aliphatic rings. The molecule has 0 bridgehead atoms. The van der Waals surface area contributed by atoms with Crippen LogP contribution in [0.1, 0.15) is 47.8 Å². The summed E-state index contributed by atoms with van der Waals surface area (Å²) in [5, 5.41) is 8.70. The van der Waals surface area contributed by atoms with E-state index in [0.29, 0.717) is 6.42 Å². The highest BCUT2D eigenvalue weighted by Crippen LogP contribution is 2.33. The van der Waals surface area contributed by atoms with Gasteiger partial charge in [-0.1, -0.05) is 0 Å². The Hall–Kier alpha value is -1.62. The Morgan fingerprint density at radius 1 is 1.45 bits per heavy atom. The van der Waals surface area contributed by atoms with Crippen LogP contribution >= 0.6 is 11.3 Å². The molecule has 1 atom stereocenters. The van der Waals surface area contributed by atoms with Gasteiger partial charge >= 0.3 is 0 Å². The molecule has 5 heteroatoms. The zero-order valence-electron chi connectivity index (χ0n) is 13.5. The van der Waals surface area contributed by atoms with Crippen LogP contribution in [0.3, 0.4) is 0 Å². The number of hydrogen-bond acceptors (Lipinski definition) is 3. The largest absolute Gasteiger partial charge is 0.336 e. The molecule has 2 aromatic heterocycles. The highest BCUT2D eigenvalue weighted by Gasteiger charge is 2.29. The van der Waals surface area contributed by atoms with Gasteiger partial charge in [0.05, 0.1) is 11.7 Å². The monoisotopic (exact) mass is 317 g/mol. The molecule has 22 heavy (non-hydrogen) atoms. The van der Waals surface area contributed by atoms with E-state index >= 15 is 0 Å². The first-order valence-corrected chi connectivity index (χ1v) is 8.83. The molecule has 0 N–H and O–H groups in total. The van der Waals surface area contributed by atoms with Crippen LogP contribution in [0.25, 0.3) is 0 Å². The lowest BCUT2D eigenvalue weighted by Gasteiger charge is -2.24. The zero-order valence-corrected chi connectivity index (χ0v) is 14.3. The van der Waals surface area contributed by atoms with E-state index in [1.807, 2.05) is 18.7 Å². The van der Waals surface area contributed by atoms with E-state index in [2.05, 4.69) is 33.7 Å². The van der Waals surface area contributed by atoms with Crippen molar-refractivity contribution in [2.24, 2.45) is 7.05 Å². The summed E-state index contributed by atoms with van der Waals surface area (Å²) in [5.74, 6) is 0.274. The maximum absolute atomic E-state index is 12.7. The van der Waals surface area contributed by atoms with E-state index < -0.39 is 0 Å². The van der Waals surface area contributed by atoms with Crippen LogP contribution in [-0.4, -0.2) is 27.1 Å². The second-order valence-corrected chi connectivity index (χ2v) is 6.85. The predicted octanol–water partition coefficient (Wildman–Crippen LogP) is 3.39. The lowest BCUT2D eigenvalue weighted by molar-refractivity contribution is -0.132. The summed E-state index contributed by atoms with van der Waals surface area (Å²) in [7, 11) is 1.96. The number of aromatic nitrogens is 2. The molecule has 3 heterocycles. The van der Waals surface area contributed by atoms with Gasteiger partial charge in [0.25, 0.3) is 0 Å². The van der Waals surface area contributed by atoms with Gasteiger partial charge in [-0.05, 0) is 61.1 Å². The molecule has 118 valence electrons. The third kappa shape index (κ3) is 2.82. The van der Waals surface area contributed by atoms with Gasteiger partial charge in [-0.2, -0.15) is 16.4 Å². The van der Waals surface area contributed by atoms with Crippen molar-refractivity contribution in [1.82, 2.24) is 14.7 Å². The first-order valence-electron chi connectivity index (χ1n) is 7.88. The van der Waals surface area contributed by atoms with Gasteiger partial charge in [-0.15, -0.1) is 0 Å². The van der Waals surface area contributed by atoms with E-state index in [-0.39, 0.29) is 11.9 Å². The molecule has 0 saturated carbocycles. The van der Waals surface area contributed by atoms with Crippen molar-refractivity contribution in [3.05, 3.63) is 39.3 Å². The van der Waals surface area contributed by atoms with Crippen molar-refractivity contribution in [3.63, 3.8) is 0 Å². The van der Waals surface area contributed by atoms with E-state index in [1.165, 1.54) is 16.8 Å². The Labute approximate surface area is 135 Å². The van der Waals surface area contributed by atoms with Crippen LogP contribution < -0.4 is 0 Å². The summed E-state index contributed by atoms with van der Waals surface area (Å²) in [6.45, 7) is 4.99. The molecule has 1 aliphatic heterocycles. The van der Waals surface area contributed by atoms with Gasteiger partial charge in [-0.25, -0.2) is 0 Å². The zero-order chi connectivity index (χ0) is 15.7. The molecule has 1 amide bonds. The van der Waals surface area contributed by atoms with Gasteiger partial charge in [-0.3, -0.25) is 9.48 Å². The smallest absolute Gasteiger partial charge is 0.223 e. The van der Waals surface area contributed by atoms with Crippen LogP contribution in [0.2, 0.25) is 0 Å². The molecule has 0 spiro atoms. The number of carbonyl (C=O) groups excluding carboxylic acids is 1. The molecule has 1 saturated heterocycles. The topological polar surface area (TPSA) is 38.1 Å². The van der Waals surface area contributed by atoms with E-state index in [1.54, 1.807) is 11.3 Å². The Morgan fingerprint density at radius 3 is 2.91 bits per heavy atom. The minimum absolute atomic E-state index is 0.274. The molecule has 4 nitrogen and oxygen atoms in total. The van der Waals surface area contributed by atoms with Crippen LogP contribution in [0.4, 0.5) is 0 Å². The Morgan fingerprint density at radius 2 is 2.27 bits per heavy atom. The number of amides is 1. The van der Waals surface area contributed by atoms with Crippen LogP contribution in [0.15, 0.2) is 16.8 Å². The maximum atomic E-state index is 12.7. The molecular weight excluding hydrogens is 294 g/mol. The highest BCUT2D eigenvalue weighted by atomic mass is 32.1. The van der Waals surface area contributed by atoms with E-state index in [0.717, 1.165) is 31.5 Å². The summed E-state index contributed by atoms with van der Waals surface area (Å²) in [6, 6.07) is 2.44. The summed E-state index contributed by atoms with van der Waals surface area (Å²) < 4.78 is 1.90. The highest BCUT2D eigenvalue weighted by molar-refractivity contribution is 7.07. The molecule has 0 radical (unpaired) electrons. The number of nitrogens with zero attached hydrogens (tertiary/aromatic N) is 3. The fourth-order valence-corrected chi connectivity index (χ4v) is 4.14. The van der Waals surface area contributed by atoms with Crippen LogP contribution in [0, 0.1) is 13.8 Å². The van der Waals surface area contributed by atoms with E-state index in [9.17, 15) is 4.79 Å². The van der Waals surface area contributed by atoms with Crippen molar-refractivity contribution in [1.29, 1.82) is 0 Å². The number of aryl methyl sites for hydroxylation is 2. The SMILES string of the molecule is Cc1nn(C)c(C)c1CCC(=O)N1CCC[C@@H]1c1ccsc1. The molecule has 0 aliphatic carbocycles. The molecular formula is C17H23N3OS. The normalized spacial score (nSPS) is 18.1. The first kappa shape index (κ1) is 15.3. The Balaban J connectivity index is 1.67. The van der Waals surface area contributed by atoms with Crippen molar-refractivity contribution in [2.45, 2.75) is 45.6 Å². The summed E-state index contributed by atoms with van der Waals surface area (Å²) in [6.07, 6.45) is 3.57. The van der Waals surface area contributed by atoms with Gasteiger partial charge in [0, 0.05) is 25.7 Å². The lowest BCUT2D eigenvalue weighted by Crippen LogP contribution is -2.30. The molecule has 0 unspecified atom stereocenters. The van der Waals surface area contributed by atoms with Gasteiger partial charge < -0.3 is 4.90 Å². The second kappa shape index (κ2) is 6.24. The minimum Gasteiger partial charge on any atom is -0.336 e. The maximum Gasteiger partial charge on any atom is 0.223 e. The van der Waals surface area contributed by atoms with Crippen molar-refractivity contribution < 1.29 is 4.79 Å². The molecule has 0 aromatic carbocycles. The predicted molar refractivity (Wildman–Crippen MR) is 89.0 cm³/mol. The Bertz CT molecular complexity index is 660. The third-order valence-electron chi connectivity index (χ3n) is 4.75. The number of rotatable bonds is 4. The number of hydrogen-bond donors (Lipinski definition) is 0. The van der Waals surface area contributed by atoms with Crippen LogP contribution in [0.5, 0.6) is 0 Å². The van der Waals surface area contributed by atoms with Crippen molar-refractivity contribution in [3.8, 4) is 0 Å². The van der Waals surface area contributed by atoms with Gasteiger partial charge in [0.1, 0.15) is 0 Å². The molecule has 1 fully saturated rings. The summed E-state index contributed by atoms with van der Waals surface area (Å²) >= 11 is 1.71. The average Bonchev–Trinajstić information content (AvgIpc) is 3.20. The minimum atomic E-state index is 0.274. The molecule has 3 rings (SSSR count).